The summed E-state index contributed by atoms with van der Waals surface area (Å²) in [7, 11) is 1.09. The minimum Gasteiger partial charge on any atom is -0.497 e. The number of hydrogen-bond donors (Lipinski definition) is 1. The van der Waals surface area contributed by atoms with Crippen LogP contribution >= 0.6 is 0 Å². The first-order chi connectivity index (χ1) is 19.3. The Morgan fingerprint density at radius 2 is 1.68 bits per heavy atom. The fourth-order valence-corrected chi connectivity index (χ4v) is 5.76. The molecule has 0 aliphatic rings. The maximum Gasteiger partial charge on any atom is 0.192 e. The van der Waals surface area contributed by atoms with E-state index in [-0.39, 0.29) is 48.4 Å². The molecule has 41 heavy (non-hydrogen) atoms. The maximum atomic E-state index is 10.4. The van der Waals surface area contributed by atoms with Crippen LogP contribution in [0.2, 0.25) is 18.1 Å². The van der Waals surface area contributed by atoms with Gasteiger partial charge in [0.05, 0.1) is 45.7 Å². The van der Waals surface area contributed by atoms with Crippen LogP contribution in [0.1, 0.15) is 54.0 Å². The average Bonchev–Trinajstić information content (AvgIpc) is 2.92. The fraction of sp³-hybridized carbons (Fsp3) is 0.697. The minimum absolute atomic E-state index is 0.0111. The van der Waals surface area contributed by atoms with E-state index >= 15 is 0 Å². The minimum atomic E-state index is -2.21. The predicted molar refractivity (Wildman–Crippen MR) is 170 cm³/mol. The molecular formula is C33H58O7Si. The molecule has 0 heterocycles. The lowest BCUT2D eigenvalue weighted by molar-refractivity contribution is -0.125. The SMILES string of the molecule is C/C=C\[C@H](C)/C=C(\C)[C@@H](O[Si](C)(C)C(C)(C)C)[C@@H](COCOCCOC)[C@@H](OCc1ccc(OC)cc1)[C@H](C)CO. The highest BCUT2D eigenvalue weighted by Gasteiger charge is 2.44. The molecule has 0 aliphatic heterocycles. The smallest absolute Gasteiger partial charge is 0.192 e. The lowest BCUT2D eigenvalue weighted by Gasteiger charge is -2.44. The number of aliphatic hydroxyl groups is 1. The zero-order valence-corrected chi connectivity index (χ0v) is 28.6. The Labute approximate surface area is 251 Å². The molecule has 0 spiro atoms. The summed E-state index contributed by atoms with van der Waals surface area (Å²) in [4.78, 5) is 0. The van der Waals surface area contributed by atoms with Gasteiger partial charge < -0.3 is 33.2 Å². The van der Waals surface area contributed by atoms with Gasteiger partial charge in [0.15, 0.2) is 8.32 Å². The van der Waals surface area contributed by atoms with Gasteiger partial charge in [-0.25, -0.2) is 0 Å². The van der Waals surface area contributed by atoms with Gasteiger partial charge in [-0.15, -0.1) is 0 Å². The third kappa shape index (κ3) is 13.1. The molecule has 0 amide bonds. The Hall–Kier alpha value is -1.52. The van der Waals surface area contributed by atoms with Crippen molar-refractivity contribution in [2.24, 2.45) is 17.8 Å². The first-order valence-electron chi connectivity index (χ1n) is 14.8. The average molecular weight is 595 g/mol. The van der Waals surface area contributed by atoms with E-state index in [1.807, 2.05) is 38.1 Å². The van der Waals surface area contributed by atoms with Crippen molar-refractivity contribution < 1.29 is 33.2 Å². The van der Waals surface area contributed by atoms with Crippen LogP contribution in [-0.2, 0) is 30.0 Å². The summed E-state index contributed by atoms with van der Waals surface area (Å²) >= 11 is 0. The Balaban J connectivity index is 3.50. The summed E-state index contributed by atoms with van der Waals surface area (Å²) in [6.45, 7) is 21.5. The van der Waals surface area contributed by atoms with Gasteiger partial charge in [-0.1, -0.05) is 65.0 Å². The largest absolute Gasteiger partial charge is 0.497 e. The highest BCUT2D eigenvalue weighted by Crippen LogP contribution is 2.40. The van der Waals surface area contributed by atoms with Crippen molar-refractivity contribution in [1.29, 1.82) is 0 Å². The summed E-state index contributed by atoms with van der Waals surface area (Å²) in [6.07, 6.45) is 5.92. The summed E-state index contributed by atoms with van der Waals surface area (Å²) in [5, 5.41) is 10.4. The summed E-state index contributed by atoms with van der Waals surface area (Å²) in [5.74, 6) is 0.707. The quantitative estimate of drug-likeness (QED) is 0.0753. The first kappa shape index (κ1) is 37.5. The molecule has 0 unspecified atom stereocenters. The maximum absolute atomic E-state index is 10.4. The van der Waals surface area contributed by atoms with E-state index in [1.54, 1.807) is 14.2 Å². The van der Waals surface area contributed by atoms with Gasteiger partial charge in [-0.05, 0) is 61.2 Å². The van der Waals surface area contributed by atoms with E-state index in [0.29, 0.717) is 26.4 Å². The van der Waals surface area contributed by atoms with Crippen molar-refractivity contribution in [3.05, 3.63) is 53.6 Å². The van der Waals surface area contributed by atoms with E-state index in [2.05, 4.69) is 65.9 Å². The van der Waals surface area contributed by atoms with E-state index in [4.69, 9.17) is 28.1 Å². The van der Waals surface area contributed by atoms with Crippen LogP contribution in [0, 0.1) is 17.8 Å². The Morgan fingerprint density at radius 3 is 2.22 bits per heavy atom. The molecule has 1 aromatic carbocycles. The predicted octanol–water partition coefficient (Wildman–Crippen LogP) is 7.01. The third-order valence-corrected chi connectivity index (χ3v) is 12.3. The summed E-state index contributed by atoms with van der Waals surface area (Å²) < 4.78 is 36.0. The van der Waals surface area contributed by atoms with Crippen LogP contribution in [0.25, 0.3) is 0 Å². The van der Waals surface area contributed by atoms with Gasteiger partial charge in [0.25, 0.3) is 0 Å². The molecule has 0 radical (unpaired) electrons. The lowest BCUT2D eigenvalue weighted by Crippen LogP contribution is -2.51. The zero-order chi connectivity index (χ0) is 31.1. The lowest BCUT2D eigenvalue weighted by atomic mass is 9.84. The zero-order valence-electron chi connectivity index (χ0n) is 27.6. The van der Waals surface area contributed by atoms with Crippen molar-refractivity contribution in [1.82, 2.24) is 0 Å². The van der Waals surface area contributed by atoms with Crippen LogP contribution in [0.5, 0.6) is 5.75 Å². The van der Waals surface area contributed by atoms with Gasteiger partial charge in [-0.3, -0.25) is 0 Å². The number of benzene rings is 1. The molecule has 0 aliphatic carbocycles. The molecule has 236 valence electrons. The number of allylic oxidation sites excluding steroid dienone is 3. The highest BCUT2D eigenvalue weighted by molar-refractivity contribution is 6.74. The molecular weight excluding hydrogens is 536 g/mol. The fourth-order valence-electron chi connectivity index (χ4n) is 4.41. The molecule has 0 fully saturated rings. The van der Waals surface area contributed by atoms with Crippen LogP contribution < -0.4 is 4.74 Å². The topological polar surface area (TPSA) is 75.6 Å². The Kier molecular flexibility index (Phi) is 17.3. The van der Waals surface area contributed by atoms with Crippen LogP contribution in [0.3, 0.4) is 0 Å². The molecule has 0 saturated heterocycles. The van der Waals surface area contributed by atoms with Gasteiger partial charge in [0, 0.05) is 25.6 Å². The number of ether oxygens (including phenoxy) is 5. The third-order valence-electron chi connectivity index (χ3n) is 7.87. The highest BCUT2D eigenvalue weighted by atomic mass is 28.4. The first-order valence-corrected chi connectivity index (χ1v) is 17.7. The van der Waals surface area contributed by atoms with E-state index < -0.39 is 8.32 Å². The molecule has 1 N–H and O–H groups in total. The van der Waals surface area contributed by atoms with E-state index in [1.165, 1.54) is 0 Å². The molecule has 5 atom stereocenters. The molecule has 1 aromatic rings. The Morgan fingerprint density at radius 1 is 1.02 bits per heavy atom. The van der Waals surface area contributed by atoms with Crippen LogP contribution in [0.15, 0.2) is 48.1 Å². The van der Waals surface area contributed by atoms with Gasteiger partial charge in [-0.2, -0.15) is 0 Å². The van der Waals surface area contributed by atoms with Crippen LogP contribution in [-0.4, -0.2) is 73.1 Å². The van der Waals surface area contributed by atoms with Crippen molar-refractivity contribution in [2.45, 2.75) is 85.4 Å². The summed E-state index contributed by atoms with van der Waals surface area (Å²) in [6, 6.07) is 7.87. The van der Waals surface area contributed by atoms with E-state index in [0.717, 1.165) is 16.9 Å². The monoisotopic (exact) mass is 594 g/mol. The van der Waals surface area contributed by atoms with Crippen molar-refractivity contribution in [3.63, 3.8) is 0 Å². The van der Waals surface area contributed by atoms with Crippen molar-refractivity contribution >= 4 is 8.32 Å². The number of methoxy groups -OCH3 is 2. The normalized spacial score (nSPS) is 16.9. The standard InChI is InChI=1S/C33H58O7Si/c1-12-13-25(2)20-26(3)32(40-41(10,11)33(5,6)7)30(23-38-24-37-19-18-35-8)31(27(4)21-34)39-22-28-14-16-29(36-9)17-15-28/h12-17,20,25,27,30-32,34H,18-19,21-24H2,1-11H3/b13-12-,26-20+/t25-,27+,30-,31-,32+/m0/s1. The van der Waals surface area contributed by atoms with E-state index in [9.17, 15) is 5.11 Å². The second kappa shape index (κ2) is 18.9. The number of rotatable bonds is 20. The molecule has 8 heteroatoms. The van der Waals surface area contributed by atoms with Crippen molar-refractivity contribution in [3.8, 4) is 5.75 Å². The number of hydrogen-bond acceptors (Lipinski definition) is 7. The summed E-state index contributed by atoms with van der Waals surface area (Å²) in [5.41, 5.74) is 2.16. The molecule has 0 saturated carbocycles. The van der Waals surface area contributed by atoms with Gasteiger partial charge in [0.2, 0.25) is 0 Å². The van der Waals surface area contributed by atoms with Crippen LogP contribution in [0.4, 0.5) is 0 Å². The van der Waals surface area contributed by atoms with Crippen molar-refractivity contribution in [2.75, 3.05) is 47.4 Å². The molecule has 7 nitrogen and oxygen atoms in total. The molecule has 0 bridgehead atoms. The second-order valence-corrected chi connectivity index (χ2v) is 17.2. The Bertz CT molecular complexity index is 892. The molecule has 1 rings (SSSR count). The van der Waals surface area contributed by atoms with Gasteiger partial charge in [0.1, 0.15) is 12.5 Å². The molecule has 0 aromatic heterocycles. The second-order valence-electron chi connectivity index (χ2n) is 12.4. The van der Waals surface area contributed by atoms with Gasteiger partial charge >= 0.3 is 0 Å². The number of aliphatic hydroxyl groups excluding tert-OH is 1.